The molecular formula is C14H25N5OS. The minimum atomic E-state index is -0.243. The fraction of sp³-hybridized carbons (Fsp3) is 0.929. The molecule has 1 aromatic heterocycles. The smallest absolute Gasteiger partial charge is 0.209 e. The average Bonchev–Trinajstić information content (AvgIpc) is 2.97. The number of rotatable bonds is 9. The van der Waals surface area contributed by atoms with E-state index >= 15 is 0 Å². The zero-order valence-electron chi connectivity index (χ0n) is 12.4. The van der Waals surface area contributed by atoms with Gasteiger partial charge in [0.25, 0.3) is 0 Å². The van der Waals surface area contributed by atoms with Crippen molar-refractivity contribution < 1.29 is 5.11 Å². The minimum absolute atomic E-state index is 0.243. The van der Waals surface area contributed by atoms with E-state index in [9.17, 15) is 5.11 Å². The molecule has 0 radical (unpaired) electrons. The van der Waals surface area contributed by atoms with Crippen molar-refractivity contribution in [1.82, 2.24) is 25.5 Å². The van der Waals surface area contributed by atoms with Crippen LogP contribution in [0, 0.1) is 5.92 Å². The first kappa shape index (κ1) is 15.2. The molecular weight excluding hydrogens is 286 g/mol. The third-order valence-corrected chi connectivity index (χ3v) is 5.42. The molecule has 1 unspecified atom stereocenters. The highest BCUT2D eigenvalue weighted by Gasteiger charge is 2.21. The number of hydrogen-bond donors (Lipinski definition) is 2. The van der Waals surface area contributed by atoms with Gasteiger partial charge in [-0.25, -0.2) is 4.68 Å². The number of nitrogens with one attached hydrogen (secondary N) is 1. The van der Waals surface area contributed by atoms with Crippen molar-refractivity contribution >= 4 is 11.8 Å². The number of thioether (sulfide) groups is 1. The Hall–Kier alpha value is -0.660. The lowest BCUT2D eigenvalue weighted by molar-refractivity contribution is 0.165. The Morgan fingerprint density at radius 3 is 2.86 bits per heavy atom. The Labute approximate surface area is 130 Å². The quantitative estimate of drug-likeness (QED) is 0.673. The summed E-state index contributed by atoms with van der Waals surface area (Å²) in [7, 11) is 0. The van der Waals surface area contributed by atoms with Crippen molar-refractivity contribution in [2.75, 3.05) is 12.3 Å². The van der Waals surface area contributed by atoms with E-state index in [2.05, 4.69) is 20.8 Å². The summed E-state index contributed by atoms with van der Waals surface area (Å²) < 4.78 is 1.84. The van der Waals surface area contributed by atoms with Crippen LogP contribution >= 0.6 is 11.8 Å². The van der Waals surface area contributed by atoms with Crippen LogP contribution in [0.25, 0.3) is 0 Å². The molecule has 1 heterocycles. The van der Waals surface area contributed by atoms with Gasteiger partial charge in [0.1, 0.15) is 0 Å². The number of aliphatic hydroxyl groups is 1. The molecule has 2 N–H and O–H groups in total. The molecule has 2 aliphatic rings. The number of hydrogen-bond acceptors (Lipinski definition) is 6. The SMILES string of the molecule is OC(CSc1nnnn1CCNC1CC1)CC1CCCC1. The number of aromatic nitrogens is 4. The summed E-state index contributed by atoms with van der Waals surface area (Å²) in [5, 5.41) is 26.3. The van der Waals surface area contributed by atoms with Crippen molar-refractivity contribution in [3.63, 3.8) is 0 Å². The lowest BCUT2D eigenvalue weighted by atomic mass is 10.0. The zero-order valence-corrected chi connectivity index (χ0v) is 13.3. The van der Waals surface area contributed by atoms with Gasteiger partial charge in [0.15, 0.2) is 0 Å². The van der Waals surface area contributed by atoms with Crippen molar-refractivity contribution in [2.45, 2.75) is 68.8 Å². The van der Waals surface area contributed by atoms with Crippen molar-refractivity contribution in [2.24, 2.45) is 5.92 Å². The Kier molecular flexibility index (Phi) is 5.49. The number of tetrazole rings is 1. The molecule has 2 saturated carbocycles. The number of nitrogens with zero attached hydrogens (tertiary/aromatic N) is 4. The highest BCUT2D eigenvalue weighted by atomic mass is 32.2. The van der Waals surface area contributed by atoms with E-state index in [1.54, 1.807) is 11.8 Å². The summed E-state index contributed by atoms with van der Waals surface area (Å²) in [4.78, 5) is 0. The second-order valence-electron chi connectivity index (χ2n) is 6.26. The largest absolute Gasteiger partial charge is 0.392 e. The van der Waals surface area contributed by atoms with E-state index < -0.39 is 0 Å². The average molecular weight is 311 g/mol. The van der Waals surface area contributed by atoms with E-state index in [1.807, 2.05) is 4.68 Å². The highest BCUT2D eigenvalue weighted by Crippen LogP contribution is 2.29. The maximum atomic E-state index is 10.1. The highest BCUT2D eigenvalue weighted by molar-refractivity contribution is 7.99. The molecule has 0 bridgehead atoms. The van der Waals surface area contributed by atoms with Crippen LogP contribution in [-0.4, -0.2) is 49.8 Å². The topological polar surface area (TPSA) is 75.9 Å². The molecule has 21 heavy (non-hydrogen) atoms. The number of aliphatic hydroxyl groups excluding tert-OH is 1. The predicted molar refractivity (Wildman–Crippen MR) is 82.1 cm³/mol. The summed E-state index contributed by atoms with van der Waals surface area (Å²) >= 11 is 1.57. The lowest BCUT2D eigenvalue weighted by Crippen LogP contribution is -2.23. The van der Waals surface area contributed by atoms with E-state index in [4.69, 9.17) is 0 Å². The summed E-state index contributed by atoms with van der Waals surface area (Å²) in [6.07, 6.45) is 8.51. The van der Waals surface area contributed by atoms with Gasteiger partial charge < -0.3 is 10.4 Å². The Morgan fingerprint density at radius 1 is 1.29 bits per heavy atom. The first-order chi connectivity index (χ1) is 10.3. The van der Waals surface area contributed by atoms with Crippen molar-refractivity contribution in [3.8, 4) is 0 Å². The first-order valence-electron chi connectivity index (χ1n) is 8.11. The van der Waals surface area contributed by atoms with Gasteiger partial charge in [-0.2, -0.15) is 0 Å². The Bertz CT molecular complexity index is 431. The molecule has 1 aromatic rings. The van der Waals surface area contributed by atoms with E-state index in [-0.39, 0.29) is 6.10 Å². The second kappa shape index (κ2) is 7.56. The molecule has 2 fully saturated rings. The lowest BCUT2D eigenvalue weighted by Gasteiger charge is -2.14. The normalized spacial score (nSPS) is 21.0. The first-order valence-corrected chi connectivity index (χ1v) is 9.10. The zero-order chi connectivity index (χ0) is 14.5. The van der Waals surface area contributed by atoms with Gasteiger partial charge in [-0.15, -0.1) is 5.10 Å². The van der Waals surface area contributed by atoms with Gasteiger partial charge in [0, 0.05) is 18.3 Å². The van der Waals surface area contributed by atoms with E-state index in [0.717, 1.165) is 30.6 Å². The van der Waals surface area contributed by atoms with Crippen LogP contribution in [0.2, 0.25) is 0 Å². The van der Waals surface area contributed by atoms with Crippen LogP contribution in [0.4, 0.5) is 0 Å². The molecule has 7 heteroatoms. The van der Waals surface area contributed by atoms with Crippen molar-refractivity contribution in [1.29, 1.82) is 0 Å². The van der Waals surface area contributed by atoms with Crippen LogP contribution in [0.3, 0.4) is 0 Å². The third-order valence-electron chi connectivity index (χ3n) is 4.32. The fourth-order valence-electron chi connectivity index (χ4n) is 2.97. The maximum Gasteiger partial charge on any atom is 0.209 e. The van der Waals surface area contributed by atoms with Gasteiger partial charge in [0.2, 0.25) is 5.16 Å². The predicted octanol–water partition coefficient (Wildman–Crippen LogP) is 1.46. The van der Waals surface area contributed by atoms with E-state index in [0.29, 0.717) is 11.8 Å². The van der Waals surface area contributed by atoms with Gasteiger partial charge in [-0.1, -0.05) is 37.4 Å². The maximum absolute atomic E-state index is 10.1. The minimum Gasteiger partial charge on any atom is -0.392 e. The van der Waals surface area contributed by atoms with Crippen LogP contribution < -0.4 is 5.32 Å². The van der Waals surface area contributed by atoms with Crippen LogP contribution in [0.5, 0.6) is 0 Å². The molecule has 0 aromatic carbocycles. The molecule has 0 saturated heterocycles. The molecule has 3 rings (SSSR count). The summed E-state index contributed by atoms with van der Waals surface area (Å²) in [5.41, 5.74) is 0. The molecule has 0 spiro atoms. The molecule has 1 atom stereocenters. The molecule has 0 amide bonds. The van der Waals surface area contributed by atoms with E-state index in [1.165, 1.54) is 38.5 Å². The van der Waals surface area contributed by atoms with Gasteiger partial charge in [-0.3, -0.25) is 0 Å². The summed E-state index contributed by atoms with van der Waals surface area (Å²) in [5.74, 6) is 1.41. The Balaban J connectivity index is 1.38. The Morgan fingerprint density at radius 2 is 2.10 bits per heavy atom. The molecule has 2 aliphatic carbocycles. The van der Waals surface area contributed by atoms with Crippen LogP contribution in [0.1, 0.15) is 44.9 Å². The molecule has 6 nitrogen and oxygen atoms in total. The summed E-state index contributed by atoms with van der Waals surface area (Å²) in [6, 6.07) is 0.714. The third kappa shape index (κ3) is 4.93. The standard InChI is InChI=1S/C14H25N5OS/c20-13(9-11-3-1-2-4-11)10-21-14-16-17-18-19(14)8-7-15-12-5-6-12/h11-13,15,20H,1-10H2. The second-order valence-corrected chi connectivity index (χ2v) is 7.25. The van der Waals surface area contributed by atoms with Gasteiger partial charge in [-0.05, 0) is 35.6 Å². The molecule has 118 valence electrons. The molecule has 0 aliphatic heterocycles. The monoisotopic (exact) mass is 311 g/mol. The van der Waals surface area contributed by atoms with Crippen LogP contribution in [-0.2, 0) is 6.54 Å². The fourth-order valence-corrected chi connectivity index (χ4v) is 3.82. The summed E-state index contributed by atoms with van der Waals surface area (Å²) in [6.45, 7) is 1.71. The van der Waals surface area contributed by atoms with Crippen molar-refractivity contribution in [3.05, 3.63) is 0 Å². The van der Waals surface area contributed by atoms with Gasteiger partial charge in [0.05, 0.1) is 12.6 Å². The van der Waals surface area contributed by atoms with Crippen LogP contribution in [0.15, 0.2) is 5.16 Å². The van der Waals surface area contributed by atoms with Gasteiger partial charge >= 0.3 is 0 Å².